The minimum atomic E-state index is -0.170. The highest BCUT2D eigenvalue weighted by atomic mass is 15.2. The molecule has 0 radical (unpaired) electrons. The lowest BCUT2D eigenvalue weighted by molar-refractivity contribution is 0.332. The minimum Gasteiger partial charge on any atom is -0.311 e. The van der Waals surface area contributed by atoms with Crippen LogP contribution in [0, 0.1) is 6.92 Å². The van der Waals surface area contributed by atoms with Gasteiger partial charge in [0.15, 0.2) is 0 Å². The molecule has 0 spiro atoms. The van der Waals surface area contributed by atoms with E-state index in [1.165, 1.54) is 119 Å². The number of fused-ring (bicyclic) bond motifs is 6. The predicted molar refractivity (Wildman–Crippen MR) is 347 cm³/mol. The van der Waals surface area contributed by atoms with E-state index in [1.54, 1.807) is 0 Å². The van der Waals surface area contributed by atoms with Crippen LogP contribution < -0.4 is 31.1 Å². The summed E-state index contributed by atoms with van der Waals surface area (Å²) in [4.78, 5) is 7.87. The van der Waals surface area contributed by atoms with E-state index in [9.17, 15) is 0 Å². The first-order valence-electron chi connectivity index (χ1n) is 29.9. The van der Waals surface area contributed by atoms with Crippen molar-refractivity contribution in [2.45, 2.75) is 182 Å². The van der Waals surface area contributed by atoms with E-state index in [-0.39, 0.29) is 44.6 Å². The third-order valence-corrected chi connectivity index (χ3v) is 19.3. The Morgan fingerprint density at radius 3 is 1.46 bits per heavy atom. The molecule has 2 heterocycles. The average molecular weight is 1050 g/mol. The number of hydrogen-bond donors (Lipinski definition) is 0. The molecule has 4 heteroatoms. The molecule has 2 aliphatic heterocycles. The molecular weight excluding hydrogens is 966 g/mol. The molecule has 0 bridgehead atoms. The number of nitrogens with zero attached hydrogens (tertiary/aromatic N) is 3. The Kier molecular flexibility index (Phi) is 12.2. The lowest BCUT2D eigenvalue weighted by Crippen LogP contribution is -2.61. The first-order valence-corrected chi connectivity index (χ1v) is 29.9. The van der Waals surface area contributed by atoms with Gasteiger partial charge in [0.1, 0.15) is 0 Å². The maximum Gasteiger partial charge on any atom is 0.252 e. The number of anilines is 9. The molecule has 2 aliphatic carbocycles. The van der Waals surface area contributed by atoms with Gasteiger partial charge in [-0.25, -0.2) is 0 Å². The molecule has 4 aliphatic rings. The van der Waals surface area contributed by atoms with Crippen molar-refractivity contribution < 1.29 is 0 Å². The van der Waals surface area contributed by atoms with Gasteiger partial charge in [-0.1, -0.05) is 197 Å². The van der Waals surface area contributed by atoms with Crippen molar-refractivity contribution in [3.8, 4) is 11.1 Å². The summed E-state index contributed by atoms with van der Waals surface area (Å²) in [5, 5.41) is 0. The molecule has 0 saturated carbocycles. The van der Waals surface area contributed by atoms with E-state index in [1.807, 2.05) is 0 Å². The van der Waals surface area contributed by atoms with Crippen molar-refractivity contribution in [1.29, 1.82) is 0 Å². The molecule has 0 N–H and O–H groups in total. The molecule has 12 rings (SSSR count). The summed E-state index contributed by atoms with van der Waals surface area (Å²) in [5.41, 5.74) is 28.5. The molecule has 8 aromatic rings. The fraction of sp³-hybridized carbons (Fsp3) is 0.368. The van der Waals surface area contributed by atoms with Crippen LogP contribution in [-0.2, 0) is 37.9 Å². The van der Waals surface area contributed by atoms with E-state index >= 15 is 0 Å². The highest BCUT2D eigenvalue weighted by molar-refractivity contribution is 7.00. The summed E-state index contributed by atoms with van der Waals surface area (Å²) in [5.74, 6) is 0. The molecular formula is C76H86BN3. The molecule has 0 atom stereocenters. The Morgan fingerprint density at radius 1 is 0.388 bits per heavy atom. The molecule has 0 saturated heterocycles. The summed E-state index contributed by atoms with van der Waals surface area (Å²) in [7, 11) is 0. The van der Waals surface area contributed by atoms with Crippen LogP contribution in [0.15, 0.2) is 158 Å². The Morgan fingerprint density at radius 2 is 0.875 bits per heavy atom. The largest absolute Gasteiger partial charge is 0.311 e. The monoisotopic (exact) mass is 1050 g/mol. The molecule has 8 aromatic carbocycles. The van der Waals surface area contributed by atoms with Gasteiger partial charge in [-0.2, -0.15) is 0 Å². The van der Waals surface area contributed by atoms with Crippen molar-refractivity contribution in [1.82, 2.24) is 0 Å². The number of benzene rings is 8. The minimum absolute atomic E-state index is 0.0194. The van der Waals surface area contributed by atoms with Crippen molar-refractivity contribution in [3.05, 3.63) is 202 Å². The average Bonchev–Trinajstić information content (AvgIpc) is 3.79. The maximum absolute atomic E-state index is 2.75. The van der Waals surface area contributed by atoms with Gasteiger partial charge in [0.05, 0.1) is 5.69 Å². The van der Waals surface area contributed by atoms with Crippen LogP contribution in [0.5, 0.6) is 0 Å². The van der Waals surface area contributed by atoms with Crippen molar-refractivity contribution in [2.75, 3.05) is 14.7 Å². The van der Waals surface area contributed by atoms with Crippen LogP contribution in [0.2, 0.25) is 0 Å². The van der Waals surface area contributed by atoms with Crippen LogP contribution in [-0.4, -0.2) is 6.71 Å². The van der Waals surface area contributed by atoms with E-state index in [0.717, 1.165) is 23.5 Å². The van der Waals surface area contributed by atoms with Crippen LogP contribution in [0.1, 0.15) is 181 Å². The lowest BCUT2D eigenvalue weighted by Gasteiger charge is -2.46. The third-order valence-electron chi connectivity index (χ3n) is 19.3. The summed E-state index contributed by atoms with van der Waals surface area (Å²) < 4.78 is 0. The zero-order valence-corrected chi connectivity index (χ0v) is 51.6. The van der Waals surface area contributed by atoms with E-state index in [4.69, 9.17) is 0 Å². The van der Waals surface area contributed by atoms with E-state index in [0.29, 0.717) is 0 Å². The van der Waals surface area contributed by atoms with Crippen LogP contribution in [0.25, 0.3) is 11.1 Å². The smallest absolute Gasteiger partial charge is 0.252 e. The molecule has 0 unspecified atom stereocenters. The fourth-order valence-electron chi connectivity index (χ4n) is 14.6. The van der Waals surface area contributed by atoms with Crippen molar-refractivity contribution >= 4 is 74.3 Å². The number of rotatable bonds is 6. The quantitative estimate of drug-likeness (QED) is 0.154. The zero-order valence-electron chi connectivity index (χ0n) is 51.6. The summed E-state index contributed by atoms with van der Waals surface area (Å²) in [6, 6.07) is 62.0. The van der Waals surface area contributed by atoms with Gasteiger partial charge in [0.25, 0.3) is 6.71 Å². The maximum atomic E-state index is 2.75. The highest BCUT2D eigenvalue weighted by Crippen LogP contribution is 2.56. The zero-order chi connectivity index (χ0) is 57.0. The molecule has 3 nitrogen and oxygen atoms in total. The molecule has 80 heavy (non-hydrogen) atoms. The topological polar surface area (TPSA) is 9.72 Å². The van der Waals surface area contributed by atoms with Gasteiger partial charge < -0.3 is 14.7 Å². The molecule has 408 valence electrons. The van der Waals surface area contributed by atoms with Gasteiger partial charge in [-0.15, -0.1) is 0 Å². The van der Waals surface area contributed by atoms with Crippen molar-refractivity contribution in [3.63, 3.8) is 0 Å². The van der Waals surface area contributed by atoms with Gasteiger partial charge in [-0.3, -0.25) is 0 Å². The standard InChI is InChI=1S/C76H86BN3/c1-48-29-31-51(71(5,6)7)41-65(48)80-64-36-33-55(78(53-25-21-19-22-26-53)54-27-23-20-24-28-54)44-61(64)77-62-45-59-60(76(17,18)47-75(59,15)16)46-66(62)79(67-42-52(72(8,9)10)43-68(80)69(67)77)63-35-32-50(70(2,3)4)40-56(63)49-30-34-57-58(39-49)74(13,14)38-37-73(57,11)12/h19-36,39-46H,37-38,47H2,1-18H3. The summed E-state index contributed by atoms with van der Waals surface area (Å²) in [6.45, 7) is 43.4. The van der Waals surface area contributed by atoms with Crippen LogP contribution >= 0.6 is 0 Å². The Labute approximate surface area is 481 Å². The van der Waals surface area contributed by atoms with Crippen LogP contribution in [0.3, 0.4) is 0 Å². The molecule has 0 amide bonds. The molecule has 0 fully saturated rings. The summed E-state index contributed by atoms with van der Waals surface area (Å²) in [6.07, 6.45) is 3.44. The van der Waals surface area contributed by atoms with Gasteiger partial charge >= 0.3 is 0 Å². The predicted octanol–water partition coefficient (Wildman–Crippen LogP) is 19.4. The first kappa shape index (κ1) is 53.8. The Bertz CT molecular complexity index is 3740. The number of hydrogen-bond acceptors (Lipinski definition) is 3. The second kappa shape index (κ2) is 18.1. The third kappa shape index (κ3) is 8.76. The summed E-state index contributed by atoms with van der Waals surface area (Å²) >= 11 is 0. The first-order chi connectivity index (χ1) is 37.4. The van der Waals surface area contributed by atoms with Crippen LogP contribution in [0.4, 0.5) is 51.2 Å². The highest BCUT2D eigenvalue weighted by Gasteiger charge is 2.49. The number of para-hydroxylation sites is 2. The second-order valence-electron chi connectivity index (χ2n) is 30.2. The number of aryl methyl sites for hydroxylation is 1. The second-order valence-corrected chi connectivity index (χ2v) is 30.2. The SMILES string of the molecule is Cc1ccc(C(C)(C)C)cc1N1c2ccc(N(c3ccccc3)c3ccccc3)cc2B2c3cc4c(cc3N(c3ccc(C(C)(C)C)cc3-c3ccc5c(c3)C(C)(C)CCC5(C)C)c3cc(C(C)(C)C)cc1c32)C(C)(C)CC4(C)C. The van der Waals surface area contributed by atoms with Gasteiger partial charge in [0.2, 0.25) is 0 Å². The Balaban J connectivity index is 1.23. The van der Waals surface area contributed by atoms with Gasteiger partial charge in [0, 0.05) is 51.1 Å². The Hall–Kier alpha value is -6.78. The van der Waals surface area contributed by atoms with Crippen molar-refractivity contribution in [2.24, 2.45) is 0 Å². The lowest BCUT2D eigenvalue weighted by atomic mass is 9.33. The van der Waals surface area contributed by atoms with E-state index < -0.39 is 0 Å². The molecule has 0 aromatic heterocycles. The van der Waals surface area contributed by atoms with E-state index in [2.05, 4.69) is 297 Å². The normalized spacial score (nSPS) is 17.3. The van der Waals surface area contributed by atoms with Gasteiger partial charge in [-0.05, 0) is 209 Å². The fourth-order valence-corrected chi connectivity index (χ4v) is 14.6.